The van der Waals surface area contributed by atoms with Gasteiger partial charge in [-0.2, -0.15) is 11.3 Å². The summed E-state index contributed by atoms with van der Waals surface area (Å²) in [5.41, 5.74) is 2.68. The number of hydrogen-bond acceptors (Lipinski definition) is 6. The summed E-state index contributed by atoms with van der Waals surface area (Å²) in [5, 5.41) is 14.4. The van der Waals surface area contributed by atoms with Crippen LogP contribution in [0.2, 0.25) is 0 Å². The highest BCUT2D eigenvalue weighted by atomic mass is 32.1. The molecule has 0 aromatic carbocycles. The van der Waals surface area contributed by atoms with E-state index in [0.29, 0.717) is 18.5 Å². The van der Waals surface area contributed by atoms with E-state index in [0.717, 1.165) is 11.1 Å². The lowest BCUT2D eigenvalue weighted by atomic mass is 9.94. The van der Waals surface area contributed by atoms with Crippen molar-refractivity contribution in [1.29, 1.82) is 0 Å². The summed E-state index contributed by atoms with van der Waals surface area (Å²) in [6.07, 6.45) is 4.89. The molecule has 0 bridgehead atoms. The summed E-state index contributed by atoms with van der Waals surface area (Å²) in [4.78, 5) is 39.2. The Morgan fingerprint density at radius 1 is 1.32 bits per heavy atom. The molecule has 3 rings (SSSR count). The molecule has 148 valence electrons. The molecule has 0 saturated carbocycles. The molecule has 1 aliphatic heterocycles. The average molecular weight is 401 g/mol. The summed E-state index contributed by atoms with van der Waals surface area (Å²) >= 11 is 1.61. The second-order valence-electron chi connectivity index (χ2n) is 6.97. The lowest BCUT2D eigenvalue weighted by molar-refractivity contribution is -0.150. The summed E-state index contributed by atoms with van der Waals surface area (Å²) in [6.45, 7) is 5.09. The van der Waals surface area contributed by atoms with Crippen molar-refractivity contribution in [2.24, 2.45) is 5.92 Å². The maximum absolute atomic E-state index is 12.8. The first kappa shape index (κ1) is 20.1. The number of carbonyl (C=O) groups excluding carboxylic acids is 3. The van der Waals surface area contributed by atoms with E-state index in [4.69, 9.17) is 4.74 Å². The minimum atomic E-state index is -1.25. The Morgan fingerprint density at radius 2 is 2.07 bits per heavy atom. The summed E-state index contributed by atoms with van der Waals surface area (Å²) in [7, 11) is 0. The monoisotopic (exact) mass is 401 g/mol. The minimum absolute atomic E-state index is 0.114. The Morgan fingerprint density at radius 3 is 2.61 bits per heavy atom. The molecule has 1 aromatic heterocycles. The Balaban J connectivity index is 1.99. The van der Waals surface area contributed by atoms with Crippen LogP contribution in [0.5, 0.6) is 0 Å². The average Bonchev–Trinajstić information content (AvgIpc) is 3.29. The molecule has 1 atom stereocenters. The fraction of sp³-hybridized carbons (Fsp3) is 0.381. The lowest BCUT2D eigenvalue weighted by Crippen LogP contribution is -2.43. The normalized spacial score (nSPS) is 19.8. The van der Waals surface area contributed by atoms with E-state index in [-0.39, 0.29) is 12.2 Å². The van der Waals surface area contributed by atoms with Crippen LogP contribution in [0.1, 0.15) is 39.2 Å². The molecule has 28 heavy (non-hydrogen) atoms. The highest BCUT2D eigenvalue weighted by Gasteiger charge is 2.49. The standard InChI is InChI=1S/C21H23NO5S/c1-4-27-21(26)17-16(18(23)12(2)3)19(24)20(25)22(17)15-7-5-13(6-8-15)14-9-10-28-11-14/h5,7,9-12,17,24H,4,6,8H2,1-3H3. The van der Waals surface area contributed by atoms with E-state index in [1.807, 2.05) is 17.5 Å². The quantitative estimate of drug-likeness (QED) is 0.736. The van der Waals surface area contributed by atoms with Crippen molar-refractivity contribution in [2.75, 3.05) is 6.61 Å². The molecular formula is C21H23NO5S. The van der Waals surface area contributed by atoms with Crippen LogP contribution >= 0.6 is 11.3 Å². The molecule has 0 saturated heterocycles. The number of aliphatic hydroxyl groups is 1. The Bertz CT molecular complexity index is 892. The molecule has 1 amide bonds. The molecule has 0 fully saturated rings. The van der Waals surface area contributed by atoms with Crippen LogP contribution in [-0.4, -0.2) is 40.3 Å². The largest absolute Gasteiger partial charge is 0.503 e. The van der Waals surface area contributed by atoms with Crippen LogP contribution < -0.4 is 0 Å². The molecule has 2 heterocycles. The summed E-state index contributed by atoms with van der Waals surface area (Å²) in [6, 6.07) is 0.787. The van der Waals surface area contributed by atoms with Crippen LogP contribution in [0, 0.1) is 5.92 Å². The van der Waals surface area contributed by atoms with E-state index in [1.54, 1.807) is 38.2 Å². The van der Waals surface area contributed by atoms with E-state index >= 15 is 0 Å². The van der Waals surface area contributed by atoms with Gasteiger partial charge in [0.2, 0.25) is 0 Å². The van der Waals surface area contributed by atoms with Gasteiger partial charge in [0, 0.05) is 11.6 Å². The van der Waals surface area contributed by atoms with Gasteiger partial charge in [0.15, 0.2) is 17.6 Å². The van der Waals surface area contributed by atoms with Gasteiger partial charge in [-0.05, 0) is 53.8 Å². The first-order valence-electron chi connectivity index (χ1n) is 9.26. The van der Waals surface area contributed by atoms with Gasteiger partial charge in [-0.15, -0.1) is 0 Å². The Labute approximate surface area is 167 Å². The number of allylic oxidation sites excluding steroid dienone is 4. The van der Waals surface area contributed by atoms with Crippen LogP contribution in [0.3, 0.4) is 0 Å². The molecule has 1 aliphatic carbocycles. The van der Waals surface area contributed by atoms with Crippen molar-refractivity contribution in [3.8, 4) is 0 Å². The van der Waals surface area contributed by atoms with Gasteiger partial charge in [-0.3, -0.25) is 14.5 Å². The Kier molecular flexibility index (Phi) is 5.84. The molecule has 1 aromatic rings. The van der Waals surface area contributed by atoms with Gasteiger partial charge >= 0.3 is 5.97 Å². The van der Waals surface area contributed by atoms with E-state index in [2.05, 4.69) is 5.38 Å². The van der Waals surface area contributed by atoms with Crippen LogP contribution in [0.4, 0.5) is 0 Å². The van der Waals surface area contributed by atoms with Crippen molar-refractivity contribution in [2.45, 2.75) is 39.7 Å². The molecule has 0 spiro atoms. The molecule has 1 unspecified atom stereocenters. The van der Waals surface area contributed by atoms with Gasteiger partial charge in [-0.1, -0.05) is 19.9 Å². The number of ketones is 1. The molecule has 1 N–H and O–H groups in total. The fourth-order valence-electron chi connectivity index (χ4n) is 3.42. The van der Waals surface area contributed by atoms with Gasteiger partial charge in [0.25, 0.3) is 5.91 Å². The second-order valence-corrected chi connectivity index (χ2v) is 7.75. The molecule has 2 aliphatic rings. The Hall–Kier alpha value is -2.67. The first-order chi connectivity index (χ1) is 13.4. The van der Waals surface area contributed by atoms with Crippen molar-refractivity contribution >= 4 is 34.6 Å². The maximum atomic E-state index is 12.8. The molecular weight excluding hydrogens is 378 g/mol. The zero-order valence-electron chi connectivity index (χ0n) is 16.1. The highest BCUT2D eigenvalue weighted by molar-refractivity contribution is 7.08. The number of ether oxygens (including phenoxy) is 1. The van der Waals surface area contributed by atoms with E-state index in [1.165, 1.54) is 4.90 Å². The lowest BCUT2D eigenvalue weighted by Gasteiger charge is -2.29. The van der Waals surface area contributed by atoms with Crippen LogP contribution in [0.15, 0.2) is 46.0 Å². The number of nitrogens with zero attached hydrogens (tertiary/aromatic N) is 1. The predicted octanol–water partition coefficient (Wildman–Crippen LogP) is 3.62. The van der Waals surface area contributed by atoms with E-state index < -0.39 is 35.4 Å². The molecule has 6 nitrogen and oxygen atoms in total. The topological polar surface area (TPSA) is 83.9 Å². The number of Topliss-reactive ketones (excluding diaryl/α,β-unsaturated/α-hetero) is 1. The molecule has 7 heteroatoms. The van der Waals surface area contributed by atoms with Crippen molar-refractivity contribution in [3.05, 3.63) is 51.6 Å². The third-order valence-corrected chi connectivity index (χ3v) is 5.52. The number of aliphatic hydroxyl groups excluding tert-OH is 1. The number of esters is 1. The number of rotatable bonds is 6. The predicted molar refractivity (Wildman–Crippen MR) is 106 cm³/mol. The third kappa shape index (κ3) is 3.54. The van der Waals surface area contributed by atoms with Crippen molar-refractivity contribution in [1.82, 2.24) is 4.90 Å². The van der Waals surface area contributed by atoms with Crippen LogP contribution in [-0.2, 0) is 19.1 Å². The number of hydrogen-bond donors (Lipinski definition) is 1. The summed E-state index contributed by atoms with van der Waals surface area (Å²) in [5.74, 6) is -3.01. The van der Waals surface area contributed by atoms with E-state index in [9.17, 15) is 19.5 Å². The van der Waals surface area contributed by atoms with Crippen LogP contribution in [0.25, 0.3) is 5.57 Å². The second kappa shape index (κ2) is 8.14. The maximum Gasteiger partial charge on any atom is 0.334 e. The van der Waals surface area contributed by atoms with Crippen molar-refractivity contribution < 1.29 is 24.2 Å². The first-order valence-corrected chi connectivity index (χ1v) is 10.2. The van der Waals surface area contributed by atoms with Gasteiger partial charge in [0.05, 0.1) is 12.2 Å². The fourth-order valence-corrected chi connectivity index (χ4v) is 4.10. The minimum Gasteiger partial charge on any atom is -0.503 e. The number of thiophene rings is 1. The third-order valence-electron chi connectivity index (χ3n) is 4.84. The highest BCUT2D eigenvalue weighted by Crippen LogP contribution is 2.36. The zero-order valence-corrected chi connectivity index (χ0v) is 16.9. The smallest absolute Gasteiger partial charge is 0.334 e. The SMILES string of the molecule is CCOC(=O)C1C(C(=O)C(C)C)=C(O)C(=O)N1C1=CC=C(c2ccsc2)CC1. The van der Waals surface area contributed by atoms with Gasteiger partial charge in [0.1, 0.15) is 0 Å². The zero-order chi connectivity index (χ0) is 20.4. The van der Waals surface area contributed by atoms with Gasteiger partial charge in [-0.25, -0.2) is 4.79 Å². The summed E-state index contributed by atoms with van der Waals surface area (Å²) < 4.78 is 5.11. The van der Waals surface area contributed by atoms with Gasteiger partial charge < -0.3 is 9.84 Å². The molecule has 0 radical (unpaired) electrons. The number of amides is 1. The van der Waals surface area contributed by atoms with Crippen molar-refractivity contribution in [3.63, 3.8) is 0 Å². The number of carbonyl (C=O) groups is 3.